The topological polar surface area (TPSA) is 47.5 Å². The molecule has 1 aliphatic carbocycles. The van der Waals surface area contributed by atoms with Crippen molar-refractivity contribution in [3.8, 4) is 11.3 Å². The van der Waals surface area contributed by atoms with Gasteiger partial charge < -0.3 is 4.42 Å². The molecule has 5 aromatic rings. The molecule has 0 radical (unpaired) electrons. The first-order chi connectivity index (χ1) is 19.0. The van der Waals surface area contributed by atoms with Crippen LogP contribution < -0.4 is 14.9 Å². The molecule has 2 aliphatic rings. The summed E-state index contributed by atoms with van der Waals surface area (Å²) in [6, 6.07) is 24.6. The number of hydrogen-bond acceptors (Lipinski definition) is 4. The molecule has 2 aromatic heterocycles. The van der Waals surface area contributed by atoms with E-state index < -0.39 is 0 Å². The van der Waals surface area contributed by atoms with Crippen molar-refractivity contribution in [3.05, 3.63) is 142 Å². The molecule has 39 heavy (non-hydrogen) atoms. The van der Waals surface area contributed by atoms with E-state index in [1.165, 1.54) is 16.9 Å². The molecule has 0 amide bonds. The number of furan rings is 1. The molecular formula is C31H19Cl3N2O2S. The van der Waals surface area contributed by atoms with Crippen LogP contribution in [0.4, 0.5) is 0 Å². The van der Waals surface area contributed by atoms with Crippen LogP contribution in [-0.2, 0) is 6.42 Å². The summed E-state index contributed by atoms with van der Waals surface area (Å²) in [5.41, 5.74) is 5.91. The Bertz CT molecular complexity index is 2000. The van der Waals surface area contributed by atoms with E-state index in [1.54, 1.807) is 16.7 Å². The minimum Gasteiger partial charge on any atom is -0.457 e. The highest BCUT2D eigenvalue weighted by molar-refractivity contribution is 7.07. The molecule has 1 atom stereocenters. The maximum atomic E-state index is 14.0. The van der Waals surface area contributed by atoms with Crippen molar-refractivity contribution in [2.45, 2.75) is 18.9 Å². The van der Waals surface area contributed by atoms with Gasteiger partial charge in [-0.25, -0.2) is 4.99 Å². The Kier molecular flexibility index (Phi) is 6.13. The lowest BCUT2D eigenvalue weighted by Crippen LogP contribution is -2.38. The predicted octanol–water partition coefficient (Wildman–Crippen LogP) is 7.54. The van der Waals surface area contributed by atoms with Gasteiger partial charge in [0.05, 0.1) is 16.3 Å². The molecule has 8 heteroatoms. The van der Waals surface area contributed by atoms with Gasteiger partial charge in [0.1, 0.15) is 11.5 Å². The molecule has 192 valence electrons. The van der Waals surface area contributed by atoms with E-state index in [-0.39, 0.29) is 11.6 Å². The number of aryl methyl sites for hydroxylation is 1. The van der Waals surface area contributed by atoms with Gasteiger partial charge >= 0.3 is 0 Å². The fourth-order valence-electron chi connectivity index (χ4n) is 5.38. The van der Waals surface area contributed by atoms with Crippen LogP contribution in [0.2, 0.25) is 15.1 Å². The third kappa shape index (κ3) is 4.30. The van der Waals surface area contributed by atoms with E-state index in [9.17, 15) is 4.79 Å². The summed E-state index contributed by atoms with van der Waals surface area (Å²) in [5, 5.41) is 1.70. The number of rotatable bonds is 3. The van der Waals surface area contributed by atoms with Gasteiger partial charge in [-0.3, -0.25) is 9.36 Å². The number of benzene rings is 3. The SMILES string of the molecule is O=c1/c(=C\c2ccc(-c3cccc(Cl)c3)o2)sc2n1C(c1ccc(Cl)cc1Cl)C1=C(N=2)c2ccccc2CC1. The minimum atomic E-state index is -0.379. The molecule has 0 spiro atoms. The summed E-state index contributed by atoms with van der Waals surface area (Å²) in [6.07, 6.45) is 3.43. The van der Waals surface area contributed by atoms with Gasteiger partial charge in [0.25, 0.3) is 5.56 Å². The molecule has 3 aromatic carbocycles. The van der Waals surface area contributed by atoms with E-state index >= 15 is 0 Å². The summed E-state index contributed by atoms with van der Waals surface area (Å²) in [4.78, 5) is 19.6. The van der Waals surface area contributed by atoms with Gasteiger partial charge in [-0.05, 0) is 65.9 Å². The molecule has 1 unspecified atom stereocenters. The molecule has 0 N–H and O–H groups in total. The Labute approximate surface area is 242 Å². The zero-order valence-electron chi connectivity index (χ0n) is 20.3. The number of aromatic nitrogens is 1. The van der Waals surface area contributed by atoms with Crippen molar-refractivity contribution in [3.63, 3.8) is 0 Å². The second-order valence-electron chi connectivity index (χ2n) is 9.49. The Morgan fingerprint density at radius 3 is 2.62 bits per heavy atom. The fourth-order valence-corrected chi connectivity index (χ4v) is 7.06. The van der Waals surface area contributed by atoms with E-state index in [2.05, 4.69) is 18.2 Å². The number of hydrogen-bond donors (Lipinski definition) is 0. The molecule has 7 rings (SSSR count). The largest absolute Gasteiger partial charge is 0.457 e. The summed E-state index contributed by atoms with van der Waals surface area (Å²) in [5.74, 6) is 1.25. The number of allylic oxidation sites excluding steroid dienone is 1. The highest BCUT2D eigenvalue weighted by Gasteiger charge is 2.33. The van der Waals surface area contributed by atoms with Gasteiger partial charge in [-0.1, -0.05) is 88.6 Å². The third-order valence-corrected chi connectivity index (χ3v) is 8.92. The van der Waals surface area contributed by atoms with Gasteiger partial charge in [0.15, 0.2) is 4.80 Å². The first-order valence-corrected chi connectivity index (χ1v) is 14.3. The third-order valence-electron chi connectivity index (χ3n) is 7.14. The maximum absolute atomic E-state index is 14.0. The van der Waals surface area contributed by atoms with E-state index in [1.807, 2.05) is 54.6 Å². The lowest BCUT2D eigenvalue weighted by molar-refractivity contribution is 0.570. The van der Waals surface area contributed by atoms with Crippen LogP contribution >= 0.6 is 46.1 Å². The van der Waals surface area contributed by atoms with Crippen LogP contribution in [-0.4, -0.2) is 4.57 Å². The lowest BCUT2D eigenvalue weighted by Gasteiger charge is -2.31. The summed E-state index contributed by atoms with van der Waals surface area (Å²) < 4.78 is 8.36. The Morgan fingerprint density at radius 1 is 0.923 bits per heavy atom. The first-order valence-electron chi connectivity index (χ1n) is 12.4. The van der Waals surface area contributed by atoms with Crippen molar-refractivity contribution in [2.24, 2.45) is 4.99 Å². The average Bonchev–Trinajstić information content (AvgIpc) is 3.52. The number of thiazole rings is 1. The highest BCUT2D eigenvalue weighted by Crippen LogP contribution is 2.43. The van der Waals surface area contributed by atoms with Gasteiger partial charge in [0, 0.05) is 32.3 Å². The number of halogens is 3. The van der Waals surface area contributed by atoms with Crippen molar-refractivity contribution in [2.75, 3.05) is 0 Å². The standard InChI is InChI=1S/C31H19Cl3N2O2S/c32-19-6-3-5-18(14-19)26-13-10-21(38-26)16-27-30(37)36-29(23-12-9-20(33)15-25(23)34)24-11-8-17-4-1-2-7-22(17)28(24)35-31(36)39-27/h1-7,9-10,12-16,29H,8,11H2/b27-16+. The van der Waals surface area contributed by atoms with Crippen molar-refractivity contribution < 1.29 is 4.42 Å². The molecule has 0 fully saturated rings. The van der Waals surface area contributed by atoms with Crippen molar-refractivity contribution in [1.29, 1.82) is 0 Å². The Morgan fingerprint density at radius 2 is 1.77 bits per heavy atom. The van der Waals surface area contributed by atoms with Gasteiger partial charge in [-0.15, -0.1) is 0 Å². The monoisotopic (exact) mass is 588 g/mol. The van der Waals surface area contributed by atoms with Crippen LogP contribution in [0.1, 0.15) is 34.9 Å². The normalized spacial score (nSPS) is 16.5. The fraction of sp³-hybridized carbons (Fsp3) is 0.0968. The molecule has 0 bridgehead atoms. The summed E-state index contributed by atoms with van der Waals surface area (Å²) in [7, 11) is 0. The van der Waals surface area contributed by atoms with Crippen LogP contribution in [0.3, 0.4) is 0 Å². The van der Waals surface area contributed by atoms with Gasteiger partial charge in [-0.2, -0.15) is 0 Å². The van der Waals surface area contributed by atoms with E-state index in [0.29, 0.717) is 35.9 Å². The molecule has 4 nitrogen and oxygen atoms in total. The Balaban J connectivity index is 1.42. The van der Waals surface area contributed by atoms with Crippen molar-refractivity contribution >= 4 is 57.9 Å². The molecular weight excluding hydrogens is 571 g/mol. The van der Waals surface area contributed by atoms with Crippen LogP contribution in [0.25, 0.3) is 23.1 Å². The highest BCUT2D eigenvalue weighted by atomic mass is 35.5. The smallest absolute Gasteiger partial charge is 0.271 e. The Hall–Kier alpha value is -3.35. The maximum Gasteiger partial charge on any atom is 0.271 e. The average molecular weight is 590 g/mol. The molecule has 1 aliphatic heterocycles. The minimum absolute atomic E-state index is 0.138. The van der Waals surface area contributed by atoms with Gasteiger partial charge in [0.2, 0.25) is 0 Å². The van der Waals surface area contributed by atoms with E-state index in [4.69, 9.17) is 44.2 Å². The van der Waals surface area contributed by atoms with Crippen LogP contribution in [0.5, 0.6) is 0 Å². The lowest BCUT2D eigenvalue weighted by atomic mass is 9.83. The molecule has 0 saturated heterocycles. The molecule has 0 saturated carbocycles. The number of fused-ring (bicyclic) bond motifs is 3. The molecule has 3 heterocycles. The zero-order valence-corrected chi connectivity index (χ0v) is 23.4. The quantitative estimate of drug-likeness (QED) is 0.218. The summed E-state index contributed by atoms with van der Waals surface area (Å²) in [6.45, 7) is 0. The number of nitrogens with zero attached hydrogens (tertiary/aromatic N) is 2. The predicted molar refractivity (Wildman–Crippen MR) is 158 cm³/mol. The van der Waals surface area contributed by atoms with Crippen molar-refractivity contribution in [1.82, 2.24) is 4.57 Å². The summed E-state index contributed by atoms with van der Waals surface area (Å²) >= 11 is 20.5. The van der Waals surface area contributed by atoms with Crippen LogP contribution in [0, 0.1) is 0 Å². The second kappa shape index (κ2) is 9.68. The second-order valence-corrected chi connectivity index (χ2v) is 11.8. The van der Waals surface area contributed by atoms with Crippen LogP contribution in [0.15, 0.2) is 98.6 Å². The van der Waals surface area contributed by atoms with E-state index in [0.717, 1.165) is 40.8 Å². The zero-order chi connectivity index (χ0) is 26.7. The first kappa shape index (κ1) is 24.7.